The summed E-state index contributed by atoms with van der Waals surface area (Å²) in [6, 6.07) is -1.16. The summed E-state index contributed by atoms with van der Waals surface area (Å²) in [6.45, 7) is 4.63. The van der Waals surface area contributed by atoms with Crippen molar-refractivity contribution in [2.24, 2.45) is 0 Å². The first kappa shape index (κ1) is 22.3. The van der Waals surface area contributed by atoms with Gasteiger partial charge >= 0.3 is 12.0 Å². The van der Waals surface area contributed by atoms with Crippen molar-refractivity contribution in [2.45, 2.75) is 37.8 Å². The number of nitrogens with one attached hydrogen (secondary N) is 2. The fraction of sp³-hybridized carbons (Fsp3) is 0.421. The first-order valence-electron chi connectivity index (χ1n) is 9.68. The molecular weight excluding hydrogens is 426 g/mol. The third-order valence-corrected chi connectivity index (χ3v) is 5.71. The Balaban J connectivity index is 1.80. The Hall–Kier alpha value is -3.41. The van der Waals surface area contributed by atoms with E-state index in [1.165, 1.54) is 16.3 Å². The normalized spacial score (nSPS) is 19.9. The van der Waals surface area contributed by atoms with Crippen LogP contribution < -0.4 is 10.7 Å². The van der Waals surface area contributed by atoms with Crippen molar-refractivity contribution in [1.82, 2.24) is 25.8 Å². The van der Waals surface area contributed by atoms with Crippen LogP contribution in [0.25, 0.3) is 0 Å². The number of aliphatic carboxylic acids is 1. The highest BCUT2D eigenvalue weighted by Crippen LogP contribution is 2.27. The van der Waals surface area contributed by atoms with Gasteiger partial charge in [-0.1, -0.05) is 6.58 Å². The predicted octanol–water partition coefficient (Wildman–Crippen LogP) is 0.572. The Morgan fingerprint density at radius 1 is 1.35 bits per heavy atom. The molecule has 2 fully saturated rings. The fourth-order valence-electron chi connectivity index (χ4n) is 3.50. The monoisotopic (exact) mass is 449 g/mol. The van der Waals surface area contributed by atoms with E-state index in [1.807, 2.05) is 0 Å². The van der Waals surface area contributed by atoms with Gasteiger partial charge in [0.05, 0.1) is 18.0 Å². The molecule has 2 atom stereocenters. The van der Waals surface area contributed by atoms with Crippen molar-refractivity contribution in [3.05, 3.63) is 34.7 Å². The lowest BCUT2D eigenvalue weighted by Crippen LogP contribution is -2.63. The van der Waals surface area contributed by atoms with Crippen LogP contribution in [0.3, 0.4) is 0 Å². The van der Waals surface area contributed by atoms with Gasteiger partial charge in [0.2, 0.25) is 5.91 Å². The van der Waals surface area contributed by atoms with Crippen LogP contribution in [0.15, 0.2) is 29.1 Å². The number of carboxylic acids is 1. The van der Waals surface area contributed by atoms with Crippen LogP contribution in [0, 0.1) is 0 Å². The molecule has 3 heterocycles. The zero-order chi connectivity index (χ0) is 22.5. The molecule has 3 rings (SSSR count). The zero-order valence-electron chi connectivity index (χ0n) is 16.7. The van der Waals surface area contributed by atoms with E-state index in [1.54, 1.807) is 21.8 Å². The zero-order valence-corrected chi connectivity index (χ0v) is 17.5. The molecule has 0 aliphatic carbocycles. The summed E-state index contributed by atoms with van der Waals surface area (Å²) in [5.41, 5.74) is 3.60. The maximum Gasteiger partial charge on any atom is 0.358 e. The van der Waals surface area contributed by atoms with Gasteiger partial charge in [-0.2, -0.15) is 11.3 Å². The van der Waals surface area contributed by atoms with E-state index in [-0.39, 0.29) is 6.54 Å². The average Bonchev–Trinajstić information content (AvgIpc) is 3.25. The highest BCUT2D eigenvalue weighted by atomic mass is 32.1. The molecule has 0 spiro atoms. The summed E-state index contributed by atoms with van der Waals surface area (Å²) in [5.74, 6) is -2.33. The Kier molecular flexibility index (Phi) is 6.90. The number of fused-ring (bicyclic) bond motifs is 1. The molecule has 12 heteroatoms. The molecule has 166 valence electrons. The molecule has 31 heavy (non-hydrogen) atoms. The summed E-state index contributed by atoms with van der Waals surface area (Å²) < 4.78 is 0. The molecule has 2 aliphatic rings. The van der Waals surface area contributed by atoms with Gasteiger partial charge in [0.25, 0.3) is 5.91 Å². The molecule has 1 aromatic rings. The van der Waals surface area contributed by atoms with E-state index in [9.17, 15) is 24.0 Å². The smallest absolute Gasteiger partial charge is 0.358 e. The number of carboxylic acid groups (broad SMARTS) is 1. The predicted molar refractivity (Wildman–Crippen MR) is 109 cm³/mol. The molecule has 4 amide bonds. The van der Waals surface area contributed by atoms with Crippen LogP contribution in [0.1, 0.15) is 36.0 Å². The Morgan fingerprint density at radius 3 is 2.77 bits per heavy atom. The van der Waals surface area contributed by atoms with Crippen molar-refractivity contribution in [3.63, 3.8) is 0 Å². The second-order valence-electron chi connectivity index (χ2n) is 7.18. The molecule has 0 radical (unpaired) electrons. The number of amides is 4. The van der Waals surface area contributed by atoms with Crippen LogP contribution >= 0.6 is 11.3 Å². The van der Waals surface area contributed by atoms with E-state index in [0.29, 0.717) is 43.4 Å². The molecule has 3 N–H and O–H groups in total. The number of hydrogen-bond acceptors (Lipinski definition) is 7. The molecule has 0 bridgehead atoms. The van der Waals surface area contributed by atoms with Crippen molar-refractivity contribution in [3.8, 4) is 0 Å². The number of aldehydes is 1. The fourth-order valence-corrected chi connectivity index (χ4v) is 4.13. The molecule has 0 aromatic carbocycles. The maximum atomic E-state index is 13.3. The summed E-state index contributed by atoms with van der Waals surface area (Å²) in [6.07, 6.45) is 1.08. The minimum absolute atomic E-state index is 0.171. The highest BCUT2D eigenvalue weighted by Gasteiger charge is 2.42. The number of hydrogen-bond donors (Lipinski definition) is 3. The average molecular weight is 449 g/mol. The van der Waals surface area contributed by atoms with Crippen molar-refractivity contribution in [1.29, 1.82) is 0 Å². The van der Waals surface area contributed by atoms with E-state index < -0.39 is 42.3 Å². The minimum atomic E-state index is -1.23. The van der Waals surface area contributed by atoms with Crippen LogP contribution in [0.4, 0.5) is 4.79 Å². The summed E-state index contributed by atoms with van der Waals surface area (Å²) in [5, 5.41) is 18.7. The van der Waals surface area contributed by atoms with Crippen LogP contribution in [-0.4, -0.2) is 75.4 Å². The summed E-state index contributed by atoms with van der Waals surface area (Å²) >= 11 is 1.35. The molecule has 0 saturated carbocycles. The molecule has 0 unspecified atom stereocenters. The molecule has 1 aromatic heterocycles. The summed E-state index contributed by atoms with van der Waals surface area (Å²) in [4.78, 5) is 60.7. The van der Waals surface area contributed by atoms with Crippen LogP contribution in [-0.2, 0) is 14.4 Å². The third kappa shape index (κ3) is 5.02. The number of urea groups is 1. The second-order valence-corrected chi connectivity index (χ2v) is 7.96. The van der Waals surface area contributed by atoms with E-state index in [0.717, 1.165) is 5.01 Å². The number of carbonyl (C=O) groups is 5. The highest BCUT2D eigenvalue weighted by molar-refractivity contribution is 7.08. The number of hydrazine groups is 2. The van der Waals surface area contributed by atoms with Gasteiger partial charge in [0.1, 0.15) is 12.3 Å². The van der Waals surface area contributed by atoms with Crippen LogP contribution in [0.5, 0.6) is 0 Å². The first-order chi connectivity index (χ1) is 14.8. The molecule has 11 nitrogen and oxygen atoms in total. The minimum Gasteiger partial charge on any atom is -0.481 e. The van der Waals surface area contributed by atoms with Crippen molar-refractivity contribution < 1.29 is 29.1 Å². The third-order valence-electron chi connectivity index (χ3n) is 5.03. The summed E-state index contributed by atoms with van der Waals surface area (Å²) in [7, 11) is 0. The lowest BCUT2D eigenvalue weighted by Gasteiger charge is -2.44. The maximum absolute atomic E-state index is 13.3. The van der Waals surface area contributed by atoms with Crippen molar-refractivity contribution in [2.75, 3.05) is 13.1 Å². The molecule has 2 aliphatic heterocycles. The van der Waals surface area contributed by atoms with Gasteiger partial charge < -0.3 is 15.2 Å². The van der Waals surface area contributed by atoms with E-state index in [2.05, 4.69) is 17.3 Å². The van der Waals surface area contributed by atoms with Crippen LogP contribution in [0.2, 0.25) is 0 Å². The standard InChI is InChI=1S/C19H23N5O6S/c1-12-4-7-22(21-17(28)13-5-8-31-11-13)19(30)24-15(3-2-6-23(12)24)18(29)20-14(10-25)9-16(26)27/h5,8,10-11,14-15H,1-4,6-7,9H2,(H,20,29)(H,21,28)(H,26,27)/t14-,15-/m0/s1. The quantitative estimate of drug-likeness (QED) is 0.517. The topological polar surface area (TPSA) is 139 Å². The van der Waals surface area contributed by atoms with Gasteiger partial charge in [-0.25, -0.2) is 14.8 Å². The number of thiophene rings is 1. The SMILES string of the molecule is C=C1CCN(NC(=O)c2ccsc2)C(=O)N2[C@H](C(=O)N[C@H](C=O)CC(=O)O)CCCN12. The van der Waals surface area contributed by atoms with Crippen molar-refractivity contribution >= 4 is 41.4 Å². The Bertz CT molecular complexity index is 888. The van der Waals surface area contributed by atoms with E-state index >= 15 is 0 Å². The van der Waals surface area contributed by atoms with Gasteiger partial charge in [0, 0.05) is 30.6 Å². The van der Waals surface area contributed by atoms with E-state index in [4.69, 9.17) is 5.11 Å². The second kappa shape index (κ2) is 9.60. The Labute approximate surface area is 182 Å². The number of carbonyl (C=O) groups excluding carboxylic acids is 4. The van der Waals surface area contributed by atoms with Gasteiger partial charge in [-0.15, -0.1) is 0 Å². The number of rotatable bonds is 7. The Morgan fingerprint density at radius 2 is 2.13 bits per heavy atom. The lowest BCUT2D eigenvalue weighted by molar-refractivity contribution is -0.140. The largest absolute Gasteiger partial charge is 0.481 e. The molecular formula is C19H23N5O6S. The van der Waals surface area contributed by atoms with Gasteiger partial charge in [-0.3, -0.25) is 24.8 Å². The van der Waals surface area contributed by atoms with Gasteiger partial charge in [0.15, 0.2) is 0 Å². The molecule has 2 saturated heterocycles. The van der Waals surface area contributed by atoms with Gasteiger partial charge in [-0.05, 0) is 24.3 Å². The number of nitrogens with zero attached hydrogens (tertiary/aromatic N) is 3. The lowest BCUT2D eigenvalue weighted by atomic mass is 10.1. The first-order valence-corrected chi connectivity index (χ1v) is 10.6.